The summed E-state index contributed by atoms with van der Waals surface area (Å²) in [6, 6.07) is 72.1. The van der Waals surface area contributed by atoms with Gasteiger partial charge in [0, 0.05) is 67.2 Å². The number of hydrogen-bond acceptors (Lipinski definition) is 3. The van der Waals surface area contributed by atoms with Crippen LogP contribution >= 0.6 is 0 Å². The number of amides is 2. The number of carbonyl (C=O) groups is 2. The SMILES string of the molecule is CC.CCCCCCn1c2cc(-c3ccc(N(c4ccc5c(c4)C(C)(C)c4ccccc4-5)c4ccc5c(c4)C(C)(C)c4ccccc4-5)cc3)ccc2c2c3cccc4c5ccc6c7c(ccc(c(cc21)c43)c75)C(=O)N(c1c(C(C)C)cccc1C(C)C)C6=O. The van der Waals surface area contributed by atoms with Crippen LogP contribution in [0.4, 0.5) is 22.7 Å². The number of carbonyl (C=O) groups excluding carboxylic acids is 2. The first-order chi connectivity index (χ1) is 43.1. The number of benzene rings is 12. The van der Waals surface area contributed by atoms with Crippen LogP contribution in [0.5, 0.6) is 0 Å². The number of imide groups is 1. The van der Waals surface area contributed by atoms with Crippen LogP contribution in [-0.4, -0.2) is 16.4 Å². The van der Waals surface area contributed by atoms with Crippen LogP contribution in [0.3, 0.4) is 0 Å². The molecule has 2 amide bonds. The van der Waals surface area contributed by atoms with E-state index in [2.05, 4.69) is 254 Å². The van der Waals surface area contributed by atoms with Crippen LogP contribution in [-0.2, 0) is 17.4 Å². The Balaban J connectivity index is 0.00000328. The molecule has 0 unspecified atom stereocenters. The minimum Gasteiger partial charge on any atom is -0.340 e. The molecular formula is C84H77N3O2. The normalized spacial score (nSPS) is 14.4. The van der Waals surface area contributed by atoms with Crippen molar-refractivity contribution in [3.63, 3.8) is 0 Å². The first-order valence-corrected chi connectivity index (χ1v) is 32.7. The van der Waals surface area contributed by atoms with Crippen LogP contribution in [0.25, 0.3) is 98.3 Å². The maximum Gasteiger partial charge on any atom is 0.266 e. The maximum absolute atomic E-state index is 15.2. The molecule has 0 saturated heterocycles. The summed E-state index contributed by atoms with van der Waals surface area (Å²) in [4.78, 5) is 34.3. The van der Waals surface area contributed by atoms with E-state index in [1.54, 1.807) is 0 Å². The number of fused-ring (bicyclic) bond motifs is 12. The lowest BCUT2D eigenvalue weighted by Crippen LogP contribution is -2.41. The van der Waals surface area contributed by atoms with E-state index in [0.29, 0.717) is 11.1 Å². The quantitative estimate of drug-likeness (QED) is 0.0530. The van der Waals surface area contributed by atoms with E-state index in [0.717, 1.165) is 91.1 Å². The lowest BCUT2D eigenvalue weighted by atomic mass is 9.82. The van der Waals surface area contributed by atoms with Crippen LogP contribution < -0.4 is 9.80 Å². The van der Waals surface area contributed by atoms with Gasteiger partial charge in [0.25, 0.3) is 11.8 Å². The molecule has 2 heterocycles. The van der Waals surface area contributed by atoms with Crippen molar-refractivity contribution in [1.29, 1.82) is 0 Å². The predicted octanol–water partition coefficient (Wildman–Crippen LogP) is 23.2. The highest BCUT2D eigenvalue weighted by atomic mass is 16.2. The number of nitrogens with zero attached hydrogens (tertiary/aromatic N) is 3. The third-order valence-electron chi connectivity index (χ3n) is 20.5. The zero-order valence-corrected chi connectivity index (χ0v) is 53.3. The van der Waals surface area contributed by atoms with Crippen LogP contribution in [0, 0.1) is 0 Å². The molecule has 0 bridgehead atoms. The van der Waals surface area contributed by atoms with Crippen LogP contribution in [0.2, 0.25) is 0 Å². The van der Waals surface area contributed by atoms with Gasteiger partial charge in [-0.1, -0.05) is 229 Å². The van der Waals surface area contributed by atoms with E-state index in [-0.39, 0.29) is 34.5 Å². The van der Waals surface area contributed by atoms with Crippen molar-refractivity contribution in [3.8, 4) is 33.4 Å². The van der Waals surface area contributed by atoms with Gasteiger partial charge in [-0.3, -0.25) is 9.59 Å². The van der Waals surface area contributed by atoms with E-state index >= 15 is 9.59 Å². The van der Waals surface area contributed by atoms with Crippen LogP contribution in [0.1, 0.15) is 168 Å². The molecule has 0 spiro atoms. The molecule has 89 heavy (non-hydrogen) atoms. The highest BCUT2D eigenvalue weighted by Crippen LogP contribution is 2.55. The Labute approximate surface area is 523 Å². The minimum atomic E-state index is -0.259. The molecule has 0 fully saturated rings. The fraction of sp³-hybridized carbons (Fsp3) is 0.238. The minimum absolute atomic E-state index is 0.116. The Morgan fingerprint density at radius 3 is 1.47 bits per heavy atom. The molecule has 1 aliphatic heterocycles. The van der Waals surface area contributed by atoms with Gasteiger partial charge in [-0.05, 0) is 183 Å². The molecule has 3 aliphatic rings. The van der Waals surface area contributed by atoms with Gasteiger partial charge in [0.05, 0.1) is 11.2 Å². The van der Waals surface area contributed by atoms with Gasteiger partial charge in [0.15, 0.2) is 0 Å². The lowest BCUT2D eigenvalue weighted by Gasteiger charge is -2.32. The van der Waals surface area contributed by atoms with Crippen molar-refractivity contribution in [2.45, 2.75) is 131 Å². The molecule has 0 N–H and O–H groups in total. The summed E-state index contributed by atoms with van der Waals surface area (Å²) in [6.07, 6.45) is 4.58. The molecule has 16 rings (SSSR count). The van der Waals surface area contributed by atoms with E-state index in [1.807, 2.05) is 26.0 Å². The molecule has 12 aromatic carbocycles. The molecule has 5 nitrogen and oxygen atoms in total. The van der Waals surface area contributed by atoms with Crippen LogP contribution in [0.15, 0.2) is 194 Å². The Bertz CT molecular complexity index is 4930. The topological polar surface area (TPSA) is 45.6 Å². The van der Waals surface area contributed by atoms with Gasteiger partial charge in [-0.15, -0.1) is 0 Å². The molecule has 440 valence electrons. The number of aryl methyl sites for hydroxylation is 1. The largest absolute Gasteiger partial charge is 0.340 e. The summed E-state index contributed by atoms with van der Waals surface area (Å²) >= 11 is 0. The zero-order valence-electron chi connectivity index (χ0n) is 53.3. The van der Waals surface area contributed by atoms with Gasteiger partial charge >= 0.3 is 0 Å². The van der Waals surface area contributed by atoms with Gasteiger partial charge in [-0.2, -0.15) is 0 Å². The molecule has 0 atom stereocenters. The monoisotopic (exact) mass is 1160 g/mol. The average Bonchev–Trinajstić information content (AvgIpc) is 1.46. The number of rotatable bonds is 12. The second-order valence-corrected chi connectivity index (χ2v) is 26.8. The molecule has 0 saturated carbocycles. The summed E-state index contributed by atoms with van der Waals surface area (Å²) in [5.74, 6) is -0.285. The maximum atomic E-state index is 15.2. The number of aromatic nitrogens is 1. The van der Waals surface area contributed by atoms with E-state index in [1.165, 1.54) is 100 Å². The third kappa shape index (κ3) is 8.19. The standard InChI is InChI=1S/C82H71N3O2.C2H6/c1-10-11-12-17-42-83-72-43-50(49-28-31-51(32-29-49)84(52-33-36-58-56-20-13-15-26-68(56)81(6,7)70(58)44-52)53-34-37-59-57-21-14-16-27-69(57)82(8,9)71(59)45-53)30-35-63(72)75-64-25-19-24-60-61-38-40-65-77-66(41-39-62(76(61)77)67(74(60)64)46-73(75)83)80(87)85(79(65)86)78-54(47(2)3)22-18-23-55(78)48(4)5;1-2/h13-16,18-41,43-48H,10-12,17,42H2,1-9H3;1-2H3. The summed E-state index contributed by atoms with van der Waals surface area (Å²) in [6.45, 7) is 25.2. The molecular weight excluding hydrogens is 1080 g/mol. The third-order valence-corrected chi connectivity index (χ3v) is 20.5. The predicted molar refractivity (Wildman–Crippen MR) is 377 cm³/mol. The first kappa shape index (κ1) is 56.2. The van der Waals surface area contributed by atoms with Crippen molar-refractivity contribution < 1.29 is 9.59 Å². The highest BCUT2D eigenvalue weighted by molar-refractivity contribution is 6.44. The zero-order chi connectivity index (χ0) is 61.5. The van der Waals surface area contributed by atoms with Gasteiger partial charge in [0.2, 0.25) is 0 Å². The van der Waals surface area contributed by atoms with Gasteiger partial charge < -0.3 is 9.47 Å². The van der Waals surface area contributed by atoms with Gasteiger partial charge in [-0.25, -0.2) is 4.90 Å². The van der Waals surface area contributed by atoms with Crippen molar-refractivity contribution in [2.24, 2.45) is 0 Å². The summed E-state index contributed by atoms with van der Waals surface area (Å²) in [7, 11) is 0. The Morgan fingerprint density at radius 1 is 0.393 bits per heavy atom. The fourth-order valence-electron chi connectivity index (χ4n) is 16.1. The molecule has 0 radical (unpaired) electrons. The second-order valence-electron chi connectivity index (χ2n) is 26.8. The summed E-state index contributed by atoms with van der Waals surface area (Å²) < 4.78 is 2.59. The van der Waals surface area contributed by atoms with Crippen molar-refractivity contribution in [1.82, 2.24) is 4.57 Å². The van der Waals surface area contributed by atoms with E-state index in [4.69, 9.17) is 0 Å². The Hall–Kier alpha value is -9.32. The highest BCUT2D eigenvalue weighted by Gasteiger charge is 2.40. The number of para-hydroxylation sites is 1. The summed E-state index contributed by atoms with van der Waals surface area (Å²) in [5, 5.41) is 11.1. The first-order valence-electron chi connectivity index (χ1n) is 32.7. The van der Waals surface area contributed by atoms with Crippen molar-refractivity contribution in [3.05, 3.63) is 239 Å². The Kier molecular flexibility index (Phi) is 13.2. The van der Waals surface area contributed by atoms with Gasteiger partial charge in [0.1, 0.15) is 0 Å². The number of anilines is 4. The van der Waals surface area contributed by atoms with Crippen molar-refractivity contribution in [2.75, 3.05) is 9.80 Å². The number of unbranched alkanes of at least 4 members (excludes halogenated alkanes) is 3. The smallest absolute Gasteiger partial charge is 0.266 e. The van der Waals surface area contributed by atoms with E-state index in [9.17, 15) is 0 Å². The Morgan fingerprint density at radius 2 is 0.888 bits per heavy atom. The molecule has 13 aromatic rings. The van der Waals surface area contributed by atoms with Crippen molar-refractivity contribution >= 4 is 99.5 Å². The number of hydrogen-bond donors (Lipinski definition) is 0. The molecule has 1 aromatic heterocycles. The fourth-order valence-corrected chi connectivity index (χ4v) is 16.1. The average molecular weight is 1160 g/mol. The second kappa shape index (κ2) is 20.9. The lowest BCUT2D eigenvalue weighted by molar-refractivity contribution is 0.0892. The molecule has 2 aliphatic carbocycles. The molecule has 5 heteroatoms. The van der Waals surface area contributed by atoms with E-state index < -0.39 is 0 Å². The summed E-state index contributed by atoms with van der Waals surface area (Å²) in [5.41, 5.74) is 22.5.